The summed E-state index contributed by atoms with van der Waals surface area (Å²) in [5.74, 6) is 0. The molecule has 0 unspecified atom stereocenters. The van der Waals surface area contributed by atoms with Crippen molar-refractivity contribution in [3.8, 4) is 0 Å². The van der Waals surface area contributed by atoms with Gasteiger partial charge in [0.1, 0.15) is 0 Å². The molecule has 0 aromatic carbocycles. The van der Waals surface area contributed by atoms with Gasteiger partial charge in [0, 0.05) is 0 Å². The molecule has 0 nitrogen and oxygen atoms in total. The van der Waals surface area contributed by atoms with Crippen molar-refractivity contribution in [2.24, 2.45) is 0 Å². The van der Waals surface area contributed by atoms with Crippen LogP contribution in [0.2, 0.25) is 0 Å². The van der Waals surface area contributed by atoms with Gasteiger partial charge in [0.2, 0.25) is 0 Å². The monoisotopic (exact) mass is 244 g/mol. The van der Waals surface area contributed by atoms with Crippen molar-refractivity contribution >= 4 is 75.0 Å². The van der Waals surface area contributed by atoms with E-state index < -0.39 is 0 Å². The van der Waals surface area contributed by atoms with Crippen LogP contribution >= 0.6 is 48.0 Å². The third kappa shape index (κ3) is 1.62. The molecular formula is C3S4Se. The minimum absolute atomic E-state index is 0.832. The third-order valence-electron chi connectivity index (χ3n) is 0.519. The molecule has 0 spiro atoms. The Morgan fingerprint density at radius 1 is 1.12 bits per heavy atom. The molecule has 0 amide bonds. The molecule has 8 heavy (non-hydrogen) atoms. The topological polar surface area (TPSA) is 0 Å². The van der Waals surface area contributed by atoms with Crippen LogP contribution in [0.1, 0.15) is 0 Å². The van der Waals surface area contributed by atoms with Gasteiger partial charge in [0.05, 0.1) is 0 Å². The van der Waals surface area contributed by atoms with Crippen molar-refractivity contribution in [1.29, 1.82) is 0 Å². The first-order chi connectivity index (χ1) is 3.70. The van der Waals surface area contributed by atoms with Gasteiger partial charge < -0.3 is 0 Å². The van der Waals surface area contributed by atoms with E-state index in [0.29, 0.717) is 0 Å². The second kappa shape index (κ2) is 2.90. The number of rotatable bonds is 0. The maximum atomic E-state index is 4.88. The first-order valence-corrected chi connectivity index (χ1v) is 4.98. The zero-order chi connectivity index (χ0) is 6.15. The van der Waals surface area contributed by atoms with Crippen LogP contribution in [0.4, 0.5) is 0 Å². The third-order valence-corrected chi connectivity index (χ3v) is 4.61. The van der Waals surface area contributed by atoms with E-state index >= 15 is 0 Å². The second-order valence-electron chi connectivity index (χ2n) is 1.03. The van der Waals surface area contributed by atoms with Gasteiger partial charge >= 0.3 is 75.0 Å². The summed E-state index contributed by atoms with van der Waals surface area (Å²) in [4.78, 5) is 0. The maximum absolute atomic E-state index is 4.88. The predicted octanol–water partition coefficient (Wildman–Crippen LogP) is 1.38. The summed E-state index contributed by atoms with van der Waals surface area (Å²) in [5, 5.41) is 0. The minimum atomic E-state index is 0.832. The summed E-state index contributed by atoms with van der Waals surface area (Å²) < 4.78 is 2.79. The number of hydrogen-bond acceptors (Lipinski definition) is 4. The molecule has 0 atom stereocenters. The molecule has 0 radical (unpaired) electrons. The van der Waals surface area contributed by atoms with Crippen molar-refractivity contribution in [2.45, 2.75) is 0 Å². The van der Waals surface area contributed by atoms with E-state index in [2.05, 4.69) is 15.6 Å². The summed E-state index contributed by atoms with van der Waals surface area (Å²) in [6, 6.07) is 0. The summed E-state index contributed by atoms with van der Waals surface area (Å²) in [6.07, 6.45) is 0. The van der Waals surface area contributed by atoms with Crippen LogP contribution in [0.15, 0.2) is 0 Å². The molecule has 1 aliphatic rings. The van der Waals surface area contributed by atoms with Crippen LogP contribution in [0, 0.1) is 0 Å². The van der Waals surface area contributed by atoms with Gasteiger partial charge in [0.15, 0.2) is 0 Å². The zero-order valence-corrected chi connectivity index (χ0v) is 8.52. The van der Waals surface area contributed by atoms with Gasteiger partial charge in [-0.3, -0.25) is 0 Å². The molecule has 0 saturated carbocycles. The molecule has 0 aromatic heterocycles. The van der Waals surface area contributed by atoms with Crippen LogP contribution < -0.4 is 0 Å². The SMILES string of the molecule is S=C1SC(=[Se])SC1=S. The normalized spacial score (nSPS) is 20.2. The Kier molecular flexibility index (Phi) is 2.68. The van der Waals surface area contributed by atoms with Gasteiger partial charge in [-0.15, -0.1) is 0 Å². The fraction of sp³-hybridized carbons (Fsp3) is 0. The first-order valence-electron chi connectivity index (χ1n) is 1.68. The van der Waals surface area contributed by atoms with E-state index in [1.807, 2.05) is 0 Å². The van der Waals surface area contributed by atoms with E-state index in [-0.39, 0.29) is 0 Å². The second-order valence-corrected chi connectivity index (χ2v) is 6.69. The predicted molar refractivity (Wildman–Crippen MR) is 51.1 cm³/mol. The Morgan fingerprint density at radius 2 is 1.50 bits per heavy atom. The standard InChI is InChI=1S/C3S4Se/c4-1-2(5)7-3(8)6-1. The molecule has 0 N–H and O–H groups in total. The number of thioether (sulfide) groups is 2. The summed E-state index contributed by atoms with van der Waals surface area (Å²) in [7, 11) is 0. The molecule has 1 fully saturated rings. The van der Waals surface area contributed by atoms with Crippen molar-refractivity contribution in [3.05, 3.63) is 0 Å². The van der Waals surface area contributed by atoms with Crippen LogP contribution in [-0.2, 0) is 0 Å². The van der Waals surface area contributed by atoms with E-state index in [9.17, 15) is 0 Å². The Bertz CT molecular complexity index is 154. The molecule has 1 heterocycles. The average Bonchev–Trinajstić information content (AvgIpc) is 1.85. The Balaban J connectivity index is 2.79. The van der Waals surface area contributed by atoms with Crippen molar-refractivity contribution in [1.82, 2.24) is 0 Å². The van der Waals surface area contributed by atoms with Crippen molar-refractivity contribution in [2.75, 3.05) is 0 Å². The van der Waals surface area contributed by atoms with Crippen molar-refractivity contribution in [3.63, 3.8) is 0 Å². The first kappa shape index (κ1) is 7.38. The van der Waals surface area contributed by atoms with Crippen LogP contribution in [0.3, 0.4) is 0 Å². The van der Waals surface area contributed by atoms with E-state index in [4.69, 9.17) is 24.4 Å². The van der Waals surface area contributed by atoms with Crippen molar-refractivity contribution < 1.29 is 0 Å². The summed E-state index contributed by atoms with van der Waals surface area (Å²) in [6.45, 7) is 0. The number of thiocarbonyl (C=S) groups is 2. The van der Waals surface area contributed by atoms with E-state index in [1.54, 1.807) is 23.5 Å². The molecule has 1 saturated heterocycles. The van der Waals surface area contributed by atoms with Gasteiger partial charge in [-0.1, -0.05) is 0 Å². The Morgan fingerprint density at radius 3 is 1.62 bits per heavy atom. The van der Waals surface area contributed by atoms with E-state index in [0.717, 1.165) is 11.5 Å². The fourth-order valence-corrected chi connectivity index (χ4v) is 4.47. The zero-order valence-electron chi connectivity index (χ0n) is 3.54. The molecule has 5 heteroatoms. The van der Waals surface area contributed by atoms with Gasteiger partial charge in [0.25, 0.3) is 0 Å². The quantitative estimate of drug-likeness (QED) is 0.465. The molecule has 1 rings (SSSR count). The van der Waals surface area contributed by atoms with Crippen LogP contribution in [0.25, 0.3) is 0 Å². The Labute approximate surface area is 74.5 Å². The number of hydrogen-bond donors (Lipinski definition) is 0. The molecule has 1 aliphatic heterocycles. The molecule has 0 aliphatic carbocycles. The molecule has 42 valence electrons. The van der Waals surface area contributed by atoms with E-state index in [1.165, 1.54) is 0 Å². The summed E-state index contributed by atoms with van der Waals surface area (Å²) in [5.41, 5.74) is 0. The van der Waals surface area contributed by atoms with Gasteiger partial charge in [-0.2, -0.15) is 0 Å². The molecular weight excluding hydrogens is 243 g/mol. The fourth-order valence-electron chi connectivity index (χ4n) is 0.256. The molecule has 0 aromatic rings. The average molecular weight is 243 g/mol. The summed E-state index contributed by atoms with van der Waals surface area (Å²) >= 11 is 15.7. The molecule has 0 bridgehead atoms. The Hall–Kier alpha value is 1.27. The van der Waals surface area contributed by atoms with Crippen LogP contribution in [0.5, 0.6) is 0 Å². The van der Waals surface area contributed by atoms with Gasteiger partial charge in [-0.25, -0.2) is 0 Å². The van der Waals surface area contributed by atoms with Crippen LogP contribution in [-0.4, -0.2) is 27.1 Å². The van der Waals surface area contributed by atoms with Gasteiger partial charge in [-0.05, 0) is 0 Å².